The molecule has 1 aliphatic rings. The summed E-state index contributed by atoms with van der Waals surface area (Å²) >= 11 is 3.26. The lowest BCUT2D eigenvalue weighted by atomic mass is 10.3. The third kappa shape index (κ3) is 1.37. The van der Waals surface area contributed by atoms with E-state index in [9.17, 15) is 0 Å². The van der Waals surface area contributed by atoms with E-state index >= 15 is 0 Å². The van der Waals surface area contributed by atoms with Crippen LogP contribution in [0.25, 0.3) is 0 Å². The first kappa shape index (κ1) is 5.89. The zero-order valence-electron chi connectivity index (χ0n) is 4.60. The van der Waals surface area contributed by atoms with Crippen LogP contribution in [0.3, 0.4) is 0 Å². The number of rotatable bonds is 0. The van der Waals surface area contributed by atoms with Crippen molar-refractivity contribution < 1.29 is 4.74 Å². The highest BCUT2D eigenvalue weighted by Gasteiger charge is 1.98. The first-order valence-electron chi connectivity index (χ1n) is 2.48. The van der Waals surface area contributed by atoms with Crippen molar-refractivity contribution in [1.29, 1.82) is 0 Å². The van der Waals surface area contributed by atoms with Crippen LogP contribution in [0.2, 0.25) is 0 Å². The second-order valence-electron chi connectivity index (χ2n) is 1.70. The van der Waals surface area contributed by atoms with Crippen LogP contribution in [0, 0.1) is 0 Å². The third-order valence-corrected chi connectivity index (χ3v) is 1.37. The van der Waals surface area contributed by atoms with Gasteiger partial charge in [-0.05, 0) is 35.0 Å². The van der Waals surface area contributed by atoms with E-state index in [-0.39, 0.29) is 6.10 Å². The van der Waals surface area contributed by atoms with E-state index in [4.69, 9.17) is 4.74 Å². The Balaban J connectivity index is 2.58. The molecule has 0 N–H and O–H groups in total. The summed E-state index contributed by atoms with van der Waals surface area (Å²) < 4.78 is 6.09. The Morgan fingerprint density at radius 1 is 1.75 bits per heavy atom. The van der Waals surface area contributed by atoms with Crippen LogP contribution in [-0.2, 0) is 4.74 Å². The van der Waals surface area contributed by atoms with Crippen LogP contribution in [-0.4, -0.2) is 6.10 Å². The summed E-state index contributed by atoms with van der Waals surface area (Å²) in [6.45, 7) is 1.99. The van der Waals surface area contributed by atoms with Gasteiger partial charge in [-0.3, -0.25) is 0 Å². The van der Waals surface area contributed by atoms with Crippen LogP contribution in [0.5, 0.6) is 0 Å². The Kier molecular flexibility index (Phi) is 1.73. The van der Waals surface area contributed by atoms with Crippen molar-refractivity contribution in [2.75, 3.05) is 0 Å². The first-order valence-corrected chi connectivity index (χ1v) is 3.27. The van der Waals surface area contributed by atoms with Gasteiger partial charge in [0, 0.05) is 0 Å². The summed E-state index contributed by atoms with van der Waals surface area (Å²) in [7, 11) is 0. The predicted molar refractivity (Wildman–Crippen MR) is 36.7 cm³/mol. The molecular weight excluding hydrogens is 168 g/mol. The Bertz CT molecular complexity index is 137. The van der Waals surface area contributed by atoms with Gasteiger partial charge in [0.05, 0.1) is 10.7 Å². The van der Waals surface area contributed by atoms with Crippen molar-refractivity contribution in [1.82, 2.24) is 0 Å². The van der Waals surface area contributed by atoms with Crippen molar-refractivity contribution >= 4 is 15.9 Å². The van der Waals surface area contributed by atoms with Crippen LogP contribution < -0.4 is 0 Å². The number of allylic oxidation sites excluding steroid dienone is 2. The molecule has 0 saturated heterocycles. The molecule has 0 aliphatic carbocycles. The molecule has 0 aromatic rings. The van der Waals surface area contributed by atoms with Crippen LogP contribution in [0.1, 0.15) is 6.92 Å². The quantitative estimate of drug-likeness (QED) is 0.548. The third-order valence-electron chi connectivity index (χ3n) is 0.922. The molecular formula is C6H7BrO. The SMILES string of the molecule is C[C@@H]1C=CC(Br)=CO1. The molecule has 0 bridgehead atoms. The molecule has 0 amide bonds. The summed E-state index contributed by atoms with van der Waals surface area (Å²) in [4.78, 5) is 0. The van der Waals surface area contributed by atoms with Gasteiger partial charge in [-0.25, -0.2) is 0 Å². The summed E-state index contributed by atoms with van der Waals surface area (Å²) in [5, 5.41) is 0. The minimum absolute atomic E-state index is 0.233. The van der Waals surface area contributed by atoms with E-state index in [0.29, 0.717) is 0 Å². The monoisotopic (exact) mass is 174 g/mol. The fourth-order valence-corrected chi connectivity index (χ4v) is 0.745. The first-order chi connectivity index (χ1) is 3.79. The van der Waals surface area contributed by atoms with Crippen LogP contribution >= 0.6 is 15.9 Å². The lowest BCUT2D eigenvalue weighted by molar-refractivity contribution is 0.200. The minimum Gasteiger partial charge on any atom is -0.493 e. The van der Waals surface area contributed by atoms with Crippen molar-refractivity contribution in [2.45, 2.75) is 13.0 Å². The molecule has 1 aliphatic heterocycles. The molecule has 0 spiro atoms. The van der Waals surface area contributed by atoms with Gasteiger partial charge in [0.1, 0.15) is 6.10 Å². The molecule has 1 atom stereocenters. The molecule has 44 valence electrons. The molecule has 0 saturated carbocycles. The van der Waals surface area contributed by atoms with E-state index in [0.717, 1.165) is 4.48 Å². The maximum Gasteiger partial charge on any atom is 0.114 e. The predicted octanol–water partition coefficient (Wildman–Crippen LogP) is 2.20. The minimum atomic E-state index is 0.233. The molecule has 1 rings (SSSR count). The van der Waals surface area contributed by atoms with Crippen molar-refractivity contribution in [2.24, 2.45) is 0 Å². The van der Waals surface area contributed by atoms with E-state index in [1.54, 1.807) is 6.26 Å². The van der Waals surface area contributed by atoms with Gasteiger partial charge in [0.25, 0.3) is 0 Å². The largest absolute Gasteiger partial charge is 0.493 e. The second-order valence-corrected chi connectivity index (χ2v) is 2.62. The highest BCUT2D eigenvalue weighted by Crippen LogP contribution is 2.13. The summed E-state index contributed by atoms with van der Waals surface area (Å²) in [5.41, 5.74) is 0. The zero-order chi connectivity index (χ0) is 5.98. The van der Waals surface area contributed by atoms with Crippen LogP contribution in [0.4, 0.5) is 0 Å². The van der Waals surface area contributed by atoms with E-state index < -0.39 is 0 Å². The molecule has 8 heavy (non-hydrogen) atoms. The topological polar surface area (TPSA) is 9.23 Å². The van der Waals surface area contributed by atoms with Gasteiger partial charge < -0.3 is 4.74 Å². The molecule has 1 nitrogen and oxygen atoms in total. The molecule has 0 unspecified atom stereocenters. The number of halogens is 1. The van der Waals surface area contributed by atoms with Gasteiger partial charge in [-0.1, -0.05) is 0 Å². The second kappa shape index (κ2) is 2.35. The maximum atomic E-state index is 5.09. The Labute approximate surface area is 57.2 Å². The van der Waals surface area contributed by atoms with Gasteiger partial charge in [0.15, 0.2) is 0 Å². The highest BCUT2D eigenvalue weighted by molar-refractivity contribution is 9.11. The lowest BCUT2D eigenvalue weighted by Crippen LogP contribution is -2.01. The van der Waals surface area contributed by atoms with Gasteiger partial charge >= 0.3 is 0 Å². The van der Waals surface area contributed by atoms with Gasteiger partial charge in [-0.2, -0.15) is 0 Å². The fourth-order valence-electron chi connectivity index (χ4n) is 0.484. The fraction of sp³-hybridized carbons (Fsp3) is 0.333. The number of ether oxygens (including phenoxy) is 1. The Morgan fingerprint density at radius 3 is 2.88 bits per heavy atom. The molecule has 1 heterocycles. The summed E-state index contributed by atoms with van der Waals surface area (Å²) in [6, 6.07) is 0. The summed E-state index contributed by atoms with van der Waals surface area (Å²) in [5.74, 6) is 0. The normalized spacial score (nSPS) is 26.8. The molecule has 0 aromatic carbocycles. The zero-order valence-corrected chi connectivity index (χ0v) is 6.18. The molecule has 0 radical (unpaired) electrons. The maximum absolute atomic E-state index is 5.09. The molecule has 0 aromatic heterocycles. The number of hydrogen-bond donors (Lipinski definition) is 0. The summed E-state index contributed by atoms with van der Waals surface area (Å²) in [6.07, 6.45) is 5.90. The number of hydrogen-bond acceptors (Lipinski definition) is 1. The van der Waals surface area contributed by atoms with E-state index in [1.165, 1.54) is 0 Å². The Morgan fingerprint density at radius 2 is 2.50 bits per heavy atom. The van der Waals surface area contributed by atoms with Crippen LogP contribution in [0.15, 0.2) is 22.9 Å². The highest BCUT2D eigenvalue weighted by atomic mass is 79.9. The average molecular weight is 175 g/mol. The smallest absolute Gasteiger partial charge is 0.114 e. The average Bonchev–Trinajstić information content (AvgIpc) is 1.77. The van der Waals surface area contributed by atoms with Crippen molar-refractivity contribution in [3.63, 3.8) is 0 Å². The lowest BCUT2D eigenvalue weighted by Gasteiger charge is -2.09. The van der Waals surface area contributed by atoms with E-state index in [1.807, 2.05) is 19.1 Å². The molecule has 0 fully saturated rings. The van der Waals surface area contributed by atoms with Gasteiger partial charge in [-0.15, -0.1) is 0 Å². The Hall–Kier alpha value is -0.240. The van der Waals surface area contributed by atoms with Crippen molar-refractivity contribution in [3.8, 4) is 0 Å². The van der Waals surface area contributed by atoms with Crippen molar-refractivity contribution in [3.05, 3.63) is 22.9 Å². The van der Waals surface area contributed by atoms with E-state index in [2.05, 4.69) is 15.9 Å². The van der Waals surface area contributed by atoms with Gasteiger partial charge in [0.2, 0.25) is 0 Å². The molecule has 2 heteroatoms. The standard InChI is InChI=1S/C6H7BrO/c1-5-2-3-6(7)4-8-5/h2-5H,1H3/t5-/m1/s1.